The minimum atomic E-state index is -4.36. The fourth-order valence-corrected chi connectivity index (χ4v) is 3.42. The summed E-state index contributed by atoms with van der Waals surface area (Å²) in [5, 5.41) is 2.69. The molecule has 9 heteroatoms. The van der Waals surface area contributed by atoms with Gasteiger partial charge >= 0.3 is 12.2 Å². The number of imide groups is 1. The molecule has 1 aromatic rings. The minimum Gasteiger partial charge on any atom is -0.369 e. The third-order valence-corrected chi connectivity index (χ3v) is 4.94. The summed E-state index contributed by atoms with van der Waals surface area (Å²) < 4.78 is 38.6. The van der Waals surface area contributed by atoms with Crippen LogP contribution < -0.4 is 10.2 Å². The fraction of sp³-hybridized carbons (Fsp3) is 0.556. The second kappa shape index (κ2) is 7.75. The molecule has 0 spiro atoms. The summed E-state index contributed by atoms with van der Waals surface area (Å²) >= 11 is 0. The molecule has 3 rings (SSSR count). The third-order valence-electron chi connectivity index (χ3n) is 4.94. The molecule has 2 heterocycles. The Kier molecular flexibility index (Phi) is 5.59. The van der Waals surface area contributed by atoms with E-state index < -0.39 is 17.8 Å². The van der Waals surface area contributed by atoms with Crippen molar-refractivity contribution in [1.29, 1.82) is 0 Å². The molecule has 2 fully saturated rings. The zero-order valence-electron chi connectivity index (χ0n) is 15.1. The molecule has 6 nitrogen and oxygen atoms in total. The molecule has 0 radical (unpaired) electrons. The number of halogens is 3. The van der Waals surface area contributed by atoms with E-state index >= 15 is 0 Å². The van der Waals surface area contributed by atoms with Crippen molar-refractivity contribution in [2.24, 2.45) is 0 Å². The predicted octanol–water partition coefficient (Wildman–Crippen LogP) is 2.51. The van der Waals surface area contributed by atoms with Crippen molar-refractivity contribution in [2.75, 3.05) is 37.7 Å². The third kappa shape index (κ3) is 4.35. The van der Waals surface area contributed by atoms with Gasteiger partial charge in [0.05, 0.1) is 12.2 Å². The van der Waals surface area contributed by atoms with Crippen LogP contribution in [0.1, 0.15) is 25.3 Å². The first kappa shape index (κ1) is 19.5. The second-order valence-electron chi connectivity index (χ2n) is 6.85. The first-order chi connectivity index (χ1) is 12.8. The number of rotatable bonds is 5. The van der Waals surface area contributed by atoms with Crippen LogP contribution in [0.25, 0.3) is 0 Å². The lowest BCUT2D eigenvalue weighted by molar-refractivity contribution is -0.137. The molecule has 1 N–H and O–H groups in total. The number of amides is 3. The van der Waals surface area contributed by atoms with E-state index in [0.29, 0.717) is 38.3 Å². The lowest BCUT2D eigenvalue weighted by atomic mass is 10.1. The number of nitrogens with zero attached hydrogens (tertiary/aromatic N) is 3. The van der Waals surface area contributed by atoms with Crippen LogP contribution in [-0.2, 0) is 11.0 Å². The molecular formula is C18H23F3N4O2. The van der Waals surface area contributed by atoms with Gasteiger partial charge in [-0.2, -0.15) is 13.2 Å². The van der Waals surface area contributed by atoms with E-state index in [1.165, 1.54) is 11.0 Å². The largest absolute Gasteiger partial charge is 0.416 e. The SMILES string of the molecule is CCC[C@H]1NC(=O)N(CN2CCN(c3cccc(C(F)(F)F)c3)CC2)C1=O. The standard InChI is InChI=1S/C18H23F3N4O2/c1-2-4-15-16(26)25(17(27)22-15)12-23-7-9-24(10-8-23)14-6-3-5-13(11-14)18(19,20)21/h3,5-6,11,15H,2,4,7-10,12H2,1H3,(H,22,27)/t15-/m1/s1. The van der Waals surface area contributed by atoms with E-state index in [-0.39, 0.29) is 18.6 Å². The summed E-state index contributed by atoms with van der Waals surface area (Å²) in [6.07, 6.45) is -2.94. The number of carbonyl (C=O) groups is 2. The topological polar surface area (TPSA) is 55.9 Å². The van der Waals surface area contributed by atoms with E-state index in [0.717, 1.165) is 18.6 Å². The van der Waals surface area contributed by atoms with Crippen molar-refractivity contribution >= 4 is 17.6 Å². The molecule has 27 heavy (non-hydrogen) atoms. The van der Waals surface area contributed by atoms with Crippen molar-refractivity contribution in [2.45, 2.75) is 32.0 Å². The van der Waals surface area contributed by atoms with Gasteiger partial charge in [-0.1, -0.05) is 19.4 Å². The lowest BCUT2D eigenvalue weighted by Gasteiger charge is -2.37. The van der Waals surface area contributed by atoms with E-state index in [4.69, 9.17) is 0 Å². The maximum Gasteiger partial charge on any atom is 0.416 e. The van der Waals surface area contributed by atoms with Gasteiger partial charge in [0.25, 0.3) is 5.91 Å². The van der Waals surface area contributed by atoms with Gasteiger partial charge in [-0.3, -0.25) is 9.69 Å². The van der Waals surface area contributed by atoms with Gasteiger partial charge in [-0.25, -0.2) is 9.69 Å². The van der Waals surface area contributed by atoms with Crippen LogP contribution in [0.2, 0.25) is 0 Å². The molecule has 1 atom stereocenters. The molecule has 2 aliphatic heterocycles. The van der Waals surface area contributed by atoms with Crippen molar-refractivity contribution in [3.05, 3.63) is 29.8 Å². The lowest BCUT2D eigenvalue weighted by Crippen LogP contribution is -2.51. The Hall–Kier alpha value is -2.29. The monoisotopic (exact) mass is 384 g/mol. The zero-order chi connectivity index (χ0) is 19.6. The van der Waals surface area contributed by atoms with Gasteiger partial charge in [0, 0.05) is 31.9 Å². The average molecular weight is 384 g/mol. The van der Waals surface area contributed by atoms with Gasteiger partial charge in [0.2, 0.25) is 0 Å². The quantitative estimate of drug-likeness (QED) is 0.793. The summed E-state index contributed by atoms with van der Waals surface area (Å²) in [4.78, 5) is 29.4. The molecule has 0 aromatic heterocycles. The van der Waals surface area contributed by atoms with Crippen LogP contribution in [0, 0.1) is 0 Å². The highest BCUT2D eigenvalue weighted by Crippen LogP contribution is 2.31. The van der Waals surface area contributed by atoms with Gasteiger partial charge in [-0.05, 0) is 24.6 Å². The molecular weight excluding hydrogens is 361 g/mol. The number of alkyl halides is 3. The molecule has 0 saturated carbocycles. The Morgan fingerprint density at radius 2 is 1.85 bits per heavy atom. The van der Waals surface area contributed by atoms with Gasteiger partial charge in [-0.15, -0.1) is 0 Å². The Bertz CT molecular complexity index is 702. The first-order valence-electron chi connectivity index (χ1n) is 9.06. The van der Waals surface area contributed by atoms with Crippen molar-refractivity contribution in [3.8, 4) is 0 Å². The Balaban J connectivity index is 1.57. The number of hydrogen-bond acceptors (Lipinski definition) is 4. The molecule has 0 unspecified atom stereocenters. The van der Waals surface area contributed by atoms with Crippen LogP contribution in [0.4, 0.5) is 23.7 Å². The second-order valence-corrected chi connectivity index (χ2v) is 6.85. The normalized spacial score (nSPS) is 21.7. The van der Waals surface area contributed by atoms with E-state index in [9.17, 15) is 22.8 Å². The van der Waals surface area contributed by atoms with E-state index in [1.807, 2.05) is 16.7 Å². The maximum absolute atomic E-state index is 12.9. The first-order valence-corrected chi connectivity index (χ1v) is 9.06. The molecule has 0 aliphatic carbocycles. The maximum atomic E-state index is 12.9. The van der Waals surface area contributed by atoms with Crippen molar-refractivity contribution in [3.63, 3.8) is 0 Å². The van der Waals surface area contributed by atoms with E-state index in [1.54, 1.807) is 6.07 Å². The van der Waals surface area contributed by atoms with Crippen LogP contribution >= 0.6 is 0 Å². The number of carbonyl (C=O) groups excluding carboxylic acids is 2. The number of benzene rings is 1. The fourth-order valence-electron chi connectivity index (χ4n) is 3.42. The minimum absolute atomic E-state index is 0.206. The molecule has 2 saturated heterocycles. The number of urea groups is 1. The number of piperazine rings is 1. The summed E-state index contributed by atoms with van der Waals surface area (Å²) in [6, 6.07) is 4.46. The van der Waals surface area contributed by atoms with Gasteiger partial charge in [0.15, 0.2) is 0 Å². The highest BCUT2D eigenvalue weighted by atomic mass is 19.4. The molecule has 2 aliphatic rings. The summed E-state index contributed by atoms with van der Waals surface area (Å²) in [5.74, 6) is -0.206. The van der Waals surface area contributed by atoms with Crippen LogP contribution in [0.5, 0.6) is 0 Å². The highest BCUT2D eigenvalue weighted by Gasteiger charge is 2.38. The number of hydrogen-bond donors (Lipinski definition) is 1. The smallest absolute Gasteiger partial charge is 0.369 e. The van der Waals surface area contributed by atoms with Crippen LogP contribution in [-0.4, -0.2) is 60.6 Å². The predicted molar refractivity (Wildman–Crippen MR) is 94.2 cm³/mol. The van der Waals surface area contributed by atoms with Gasteiger partial charge in [0.1, 0.15) is 6.04 Å². The average Bonchev–Trinajstić information content (AvgIpc) is 2.90. The Labute approximate surface area is 155 Å². The van der Waals surface area contributed by atoms with E-state index in [2.05, 4.69) is 5.32 Å². The van der Waals surface area contributed by atoms with Crippen LogP contribution in [0.15, 0.2) is 24.3 Å². The molecule has 1 aromatic carbocycles. The number of nitrogens with one attached hydrogen (secondary N) is 1. The summed E-state index contributed by atoms with van der Waals surface area (Å²) in [6.45, 7) is 4.35. The number of anilines is 1. The summed E-state index contributed by atoms with van der Waals surface area (Å²) in [7, 11) is 0. The van der Waals surface area contributed by atoms with Crippen molar-refractivity contribution in [1.82, 2.24) is 15.1 Å². The Morgan fingerprint density at radius 3 is 2.48 bits per heavy atom. The summed E-state index contributed by atoms with van der Waals surface area (Å²) in [5.41, 5.74) is -0.133. The molecule has 0 bridgehead atoms. The van der Waals surface area contributed by atoms with Gasteiger partial charge < -0.3 is 10.2 Å². The van der Waals surface area contributed by atoms with Crippen LogP contribution in [0.3, 0.4) is 0 Å². The highest BCUT2D eigenvalue weighted by molar-refractivity contribution is 6.04. The molecule has 3 amide bonds. The molecule has 148 valence electrons. The van der Waals surface area contributed by atoms with Crippen molar-refractivity contribution < 1.29 is 22.8 Å². The Morgan fingerprint density at radius 1 is 1.15 bits per heavy atom. The zero-order valence-corrected chi connectivity index (χ0v) is 15.1.